The maximum atomic E-state index is 12.8. The number of carbonyl (C=O) groups excluding carboxylic acids is 1. The predicted octanol–water partition coefficient (Wildman–Crippen LogP) is 4.57. The number of ether oxygens (including phenoxy) is 2. The summed E-state index contributed by atoms with van der Waals surface area (Å²) in [5.41, 5.74) is 0.929. The molecule has 1 aliphatic carbocycles. The molecule has 142 valence electrons. The number of rotatable bonds is 1. The van der Waals surface area contributed by atoms with Crippen LogP contribution in [0.4, 0.5) is 0 Å². The van der Waals surface area contributed by atoms with Crippen molar-refractivity contribution in [2.75, 3.05) is 13.2 Å². The minimum absolute atomic E-state index is 0.221. The third kappa shape index (κ3) is 4.59. The second-order valence-electron chi connectivity index (χ2n) is 7.31. The minimum atomic E-state index is 0.221. The summed E-state index contributed by atoms with van der Waals surface area (Å²) >= 11 is 0. The lowest BCUT2D eigenvalue weighted by atomic mass is 10.1. The molecule has 0 bridgehead atoms. The number of carbonyl (C=O) groups is 1. The minimum Gasteiger partial charge on any atom is -0.490 e. The molecule has 1 fully saturated rings. The first-order valence-corrected chi connectivity index (χ1v) is 9.93. The second kappa shape index (κ2) is 8.42. The molecule has 0 spiro atoms. The third-order valence-corrected chi connectivity index (χ3v) is 5.09. The van der Waals surface area contributed by atoms with Crippen molar-refractivity contribution < 1.29 is 14.3 Å². The quantitative estimate of drug-likeness (QED) is 0.742. The molecule has 4 rings (SSSR count). The smallest absolute Gasteiger partial charge is 0.225 e. The molecule has 5 heteroatoms. The van der Waals surface area contributed by atoms with Crippen LogP contribution in [0.5, 0.6) is 17.4 Å². The molecule has 5 nitrogen and oxygen atoms in total. The van der Waals surface area contributed by atoms with Gasteiger partial charge in [0.05, 0.1) is 13.2 Å². The Bertz CT molecular complexity index is 789. The zero-order valence-electron chi connectivity index (χ0n) is 15.6. The number of fused-ring (bicyclic) bond motifs is 2. The summed E-state index contributed by atoms with van der Waals surface area (Å²) < 4.78 is 12.0. The van der Waals surface area contributed by atoms with Crippen LogP contribution >= 0.6 is 0 Å². The summed E-state index contributed by atoms with van der Waals surface area (Å²) in [6, 6.07) is 11.6. The van der Waals surface area contributed by atoms with Crippen molar-refractivity contribution >= 4 is 5.91 Å². The molecule has 27 heavy (non-hydrogen) atoms. The van der Waals surface area contributed by atoms with Crippen molar-refractivity contribution in [2.45, 2.75) is 45.1 Å². The van der Waals surface area contributed by atoms with Crippen LogP contribution in [0, 0.1) is 5.92 Å². The first-order valence-electron chi connectivity index (χ1n) is 9.93. The molecule has 2 aliphatic rings. The SMILES string of the molecule is O=C(C1CC1)N1CCCCCCOc2ccccc2Oc2ncccc2C1. The number of para-hydroxylation sites is 2. The van der Waals surface area contributed by atoms with E-state index >= 15 is 0 Å². The van der Waals surface area contributed by atoms with Crippen LogP contribution in [0.3, 0.4) is 0 Å². The van der Waals surface area contributed by atoms with Gasteiger partial charge in [-0.2, -0.15) is 0 Å². The standard InChI is InChI=1S/C22H26N2O3/c25-22(17-11-12-17)24-14-5-1-2-6-15-26-19-9-3-4-10-20(19)27-21-18(16-24)8-7-13-23-21/h3-4,7-10,13,17H,1-2,5-6,11-12,14-16H2. The number of nitrogens with zero attached hydrogens (tertiary/aromatic N) is 2. The van der Waals surface area contributed by atoms with Gasteiger partial charge >= 0.3 is 0 Å². The van der Waals surface area contributed by atoms with Crippen LogP contribution in [-0.4, -0.2) is 28.9 Å². The number of hydrogen-bond donors (Lipinski definition) is 0. The van der Waals surface area contributed by atoms with E-state index in [4.69, 9.17) is 9.47 Å². The second-order valence-corrected chi connectivity index (χ2v) is 7.31. The van der Waals surface area contributed by atoms with Crippen molar-refractivity contribution in [1.82, 2.24) is 9.88 Å². The Morgan fingerprint density at radius 2 is 1.81 bits per heavy atom. The highest BCUT2D eigenvalue weighted by atomic mass is 16.5. The van der Waals surface area contributed by atoms with E-state index in [1.54, 1.807) is 6.20 Å². The van der Waals surface area contributed by atoms with E-state index in [0.717, 1.165) is 56.4 Å². The zero-order chi connectivity index (χ0) is 18.5. The molecule has 2 aromatic rings. The molecule has 0 radical (unpaired) electrons. The van der Waals surface area contributed by atoms with Gasteiger partial charge in [-0.3, -0.25) is 4.79 Å². The predicted molar refractivity (Wildman–Crippen MR) is 103 cm³/mol. The molecule has 0 atom stereocenters. The first kappa shape index (κ1) is 17.8. The molecule has 0 N–H and O–H groups in total. The number of aromatic nitrogens is 1. The molecule has 1 amide bonds. The van der Waals surface area contributed by atoms with Gasteiger partial charge in [0.1, 0.15) is 0 Å². The van der Waals surface area contributed by atoms with Gasteiger partial charge in [0.25, 0.3) is 0 Å². The van der Waals surface area contributed by atoms with Crippen LogP contribution in [0.25, 0.3) is 0 Å². The van der Waals surface area contributed by atoms with E-state index in [0.29, 0.717) is 24.8 Å². The number of benzene rings is 1. The highest BCUT2D eigenvalue weighted by Gasteiger charge is 2.33. The van der Waals surface area contributed by atoms with Gasteiger partial charge in [-0.1, -0.05) is 31.0 Å². The maximum absolute atomic E-state index is 12.8. The van der Waals surface area contributed by atoms with E-state index < -0.39 is 0 Å². The Balaban J connectivity index is 1.62. The molecular weight excluding hydrogens is 340 g/mol. The van der Waals surface area contributed by atoms with Gasteiger partial charge in [-0.05, 0) is 43.9 Å². The van der Waals surface area contributed by atoms with E-state index in [1.807, 2.05) is 41.3 Å². The molecular formula is C22H26N2O3. The first-order chi connectivity index (χ1) is 13.3. The fraction of sp³-hybridized carbons (Fsp3) is 0.455. The fourth-order valence-corrected chi connectivity index (χ4v) is 3.40. The van der Waals surface area contributed by atoms with E-state index in [1.165, 1.54) is 0 Å². The largest absolute Gasteiger partial charge is 0.490 e. The number of amides is 1. The van der Waals surface area contributed by atoms with Gasteiger partial charge in [0.15, 0.2) is 11.5 Å². The van der Waals surface area contributed by atoms with Gasteiger partial charge in [0, 0.05) is 24.2 Å². The molecule has 1 saturated carbocycles. The van der Waals surface area contributed by atoms with Crippen molar-refractivity contribution in [3.05, 3.63) is 48.2 Å². The highest BCUT2D eigenvalue weighted by Crippen LogP contribution is 2.34. The van der Waals surface area contributed by atoms with Crippen molar-refractivity contribution in [1.29, 1.82) is 0 Å². The normalized spacial score (nSPS) is 18.3. The van der Waals surface area contributed by atoms with Crippen molar-refractivity contribution in [2.24, 2.45) is 5.92 Å². The van der Waals surface area contributed by atoms with Crippen molar-refractivity contribution in [3.8, 4) is 17.4 Å². The summed E-state index contributed by atoms with van der Waals surface area (Å²) in [4.78, 5) is 19.2. The zero-order valence-corrected chi connectivity index (χ0v) is 15.6. The highest BCUT2D eigenvalue weighted by molar-refractivity contribution is 5.81. The summed E-state index contributed by atoms with van der Waals surface area (Å²) in [7, 11) is 0. The topological polar surface area (TPSA) is 51.7 Å². The lowest BCUT2D eigenvalue weighted by Gasteiger charge is -2.24. The Morgan fingerprint density at radius 3 is 2.67 bits per heavy atom. The Labute approximate surface area is 160 Å². The van der Waals surface area contributed by atoms with Crippen LogP contribution in [-0.2, 0) is 11.3 Å². The molecule has 1 aliphatic heterocycles. The number of pyridine rings is 1. The van der Waals surface area contributed by atoms with Crippen LogP contribution in [0.15, 0.2) is 42.6 Å². The van der Waals surface area contributed by atoms with Crippen LogP contribution < -0.4 is 9.47 Å². The third-order valence-electron chi connectivity index (χ3n) is 5.09. The Hall–Kier alpha value is -2.56. The lowest BCUT2D eigenvalue weighted by molar-refractivity contribution is -0.133. The summed E-state index contributed by atoms with van der Waals surface area (Å²) in [6.45, 7) is 2.00. The van der Waals surface area contributed by atoms with Gasteiger partial charge in [-0.25, -0.2) is 4.98 Å². The average Bonchev–Trinajstić information content (AvgIpc) is 3.53. The molecule has 1 aromatic carbocycles. The average molecular weight is 366 g/mol. The molecule has 1 aromatic heterocycles. The number of hydrogen-bond acceptors (Lipinski definition) is 4. The summed E-state index contributed by atoms with van der Waals surface area (Å²) in [5.74, 6) is 2.44. The summed E-state index contributed by atoms with van der Waals surface area (Å²) in [6.07, 6.45) is 8.00. The van der Waals surface area contributed by atoms with Crippen LogP contribution in [0.1, 0.15) is 44.1 Å². The lowest BCUT2D eigenvalue weighted by Crippen LogP contribution is -2.33. The molecule has 0 saturated heterocycles. The van der Waals surface area contributed by atoms with E-state index in [-0.39, 0.29) is 11.8 Å². The van der Waals surface area contributed by atoms with E-state index in [2.05, 4.69) is 4.98 Å². The fourth-order valence-electron chi connectivity index (χ4n) is 3.40. The van der Waals surface area contributed by atoms with E-state index in [9.17, 15) is 4.79 Å². The molecule has 2 heterocycles. The van der Waals surface area contributed by atoms with Gasteiger partial charge in [-0.15, -0.1) is 0 Å². The van der Waals surface area contributed by atoms with Gasteiger partial charge < -0.3 is 14.4 Å². The summed E-state index contributed by atoms with van der Waals surface area (Å²) in [5, 5.41) is 0. The monoisotopic (exact) mass is 366 g/mol. The Kier molecular flexibility index (Phi) is 5.56. The maximum Gasteiger partial charge on any atom is 0.225 e. The van der Waals surface area contributed by atoms with Crippen molar-refractivity contribution in [3.63, 3.8) is 0 Å². The van der Waals surface area contributed by atoms with Crippen LogP contribution in [0.2, 0.25) is 0 Å². The Morgan fingerprint density at radius 1 is 1.00 bits per heavy atom. The van der Waals surface area contributed by atoms with Gasteiger partial charge in [0.2, 0.25) is 11.8 Å². The molecule has 0 unspecified atom stereocenters.